The predicted molar refractivity (Wildman–Crippen MR) is 46.7 cm³/mol. The number of nitrogens with one attached hydrogen (secondary N) is 2. The van der Waals surface area contributed by atoms with Gasteiger partial charge in [0.15, 0.2) is 5.96 Å². The highest BCUT2D eigenvalue weighted by Gasteiger charge is 2.11. The maximum Gasteiger partial charge on any atom is 0.239 e. The molecule has 1 rings (SSSR count). The molecule has 0 radical (unpaired) electrons. The van der Waals surface area contributed by atoms with Crippen LogP contribution in [-0.4, -0.2) is 31.0 Å². The van der Waals surface area contributed by atoms with Gasteiger partial charge in [0.05, 0.1) is 0 Å². The lowest BCUT2D eigenvalue weighted by molar-refractivity contribution is -0.119. The van der Waals surface area contributed by atoms with Crippen LogP contribution < -0.4 is 16.4 Å². The molecule has 12 heavy (non-hydrogen) atoms. The Kier molecular flexibility index (Phi) is 2.90. The van der Waals surface area contributed by atoms with Crippen molar-refractivity contribution in [2.24, 2.45) is 10.7 Å². The average molecular weight is 170 g/mol. The lowest BCUT2D eigenvalue weighted by Gasteiger charge is -2.18. The molecule has 1 unspecified atom stereocenters. The van der Waals surface area contributed by atoms with Gasteiger partial charge < -0.3 is 16.4 Å². The zero-order valence-electron chi connectivity index (χ0n) is 7.13. The molecule has 0 aromatic heterocycles. The van der Waals surface area contributed by atoms with E-state index in [1.807, 2.05) is 0 Å². The van der Waals surface area contributed by atoms with Gasteiger partial charge in [-0.25, -0.2) is 0 Å². The number of nitrogens with two attached hydrogens (primary N) is 1. The summed E-state index contributed by atoms with van der Waals surface area (Å²) in [4.78, 5) is 14.8. The summed E-state index contributed by atoms with van der Waals surface area (Å²) in [5, 5.41) is 5.92. The molecule has 0 saturated carbocycles. The molecule has 5 heteroatoms. The van der Waals surface area contributed by atoms with Crippen LogP contribution in [0.15, 0.2) is 4.99 Å². The summed E-state index contributed by atoms with van der Waals surface area (Å²) in [5.74, 6) is 0.303. The summed E-state index contributed by atoms with van der Waals surface area (Å²) in [7, 11) is 0. The fourth-order valence-electron chi connectivity index (χ4n) is 0.905. The van der Waals surface area contributed by atoms with Crippen LogP contribution in [0.4, 0.5) is 0 Å². The lowest BCUT2D eigenvalue weighted by atomic mass is 10.3. The molecule has 0 saturated heterocycles. The van der Waals surface area contributed by atoms with Gasteiger partial charge in [-0.15, -0.1) is 0 Å². The molecule has 1 aliphatic rings. The highest BCUT2D eigenvalue weighted by molar-refractivity contribution is 5.87. The Bertz CT molecular complexity index is 202. The van der Waals surface area contributed by atoms with Crippen LogP contribution in [0.25, 0.3) is 0 Å². The third kappa shape index (κ3) is 2.41. The van der Waals surface area contributed by atoms with E-state index in [4.69, 9.17) is 5.73 Å². The van der Waals surface area contributed by atoms with E-state index in [0.29, 0.717) is 5.96 Å². The zero-order valence-corrected chi connectivity index (χ0v) is 7.13. The minimum absolute atomic E-state index is 0.366. The van der Waals surface area contributed by atoms with Gasteiger partial charge in [-0.1, -0.05) is 0 Å². The summed E-state index contributed by atoms with van der Waals surface area (Å²) in [6.07, 6.45) is 1.04. The molecule has 0 aromatic carbocycles. The Labute approximate surface area is 71.4 Å². The Morgan fingerprint density at radius 1 is 1.83 bits per heavy atom. The van der Waals surface area contributed by atoms with Gasteiger partial charge in [0.1, 0.15) is 6.04 Å². The minimum atomic E-state index is -0.370. The molecule has 1 atom stereocenters. The van der Waals surface area contributed by atoms with Crippen LogP contribution in [0.1, 0.15) is 13.3 Å². The topological polar surface area (TPSA) is 79.5 Å². The van der Waals surface area contributed by atoms with Crippen LogP contribution in [0, 0.1) is 0 Å². The highest BCUT2D eigenvalue weighted by Crippen LogP contribution is 1.88. The van der Waals surface area contributed by atoms with Gasteiger partial charge in [0, 0.05) is 13.1 Å². The maximum atomic E-state index is 10.6. The van der Waals surface area contributed by atoms with E-state index >= 15 is 0 Å². The van der Waals surface area contributed by atoms with Gasteiger partial charge in [-0.3, -0.25) is 9.79 Å². The van der Waals surface area contributed by atoms with E-state index in [1.165, 1.54) is 0 Å². The predicted octanol–water partition coefficient (Wildman–Crippen LogP) is -1.20. The second-order valence-electron chi connectivity index (χ2n) is 2.78. The molecule has 1 aliphatic heterocycles. The first kappa shape index (κ1) is 8.83. The second-order valence-corrected chi connectivity index (χ2v) is 2.78. The van der Waals surface area contributed by atoms with E-state index in [1.54, 1.807) is 6.92 Å². The third-order valence-corrected chi connectivity index (χ3v) is 1.68. The summed E-state index contributed by atoms with van der Waals surface area (Å²) < 4.78 is 0. The smallest absolute Gasteiger partial charge is 0.239 e. The van der Waals surface area contributed by atoms with Crippen LogP contribution in [0.5, 0.6) is 0 Å². The Balaban J connectivity index is 2.39. The van der Waals surface area contributed by atoms with E-state index < -0.39 is 0 Å². The molecule has 0 spiro atoms. The van der Waals surface area contributed by atoms with Crippen LogP contribution in [0.2, 0.25) is 0 Å². The zero-order chi connectivity index (χ0) is 8.97. The highest BCUT2D eigenvalue weighted by atomic mass is 16.1. The van der Waals surface area contributed by atoms with Crippen molar-refractivity contribution >= 4 is 11.9 Å². The number of aliphatic imine (C=N–C) groups is 1. The van der Waals surface area contributed by atoms with Crippen LogP contribution >= 0.6 is 0 Å². The maximum absolute atomic E-state index is 10.6. The number of carbonyl (C=O) groups excluding carboxylic acids is 1. The first-order valence-electron chi connectivity index (χ1n) is 4.04. The quantitative estimate of drug-likeness (QED) is 0.487. The molecule has 1 heterocycles. The Hall–Kier alpha value is -1.26. The van der Waals surface area contributed by atoms with Gasteiger partial charge in [-0.05, 0) is 13.3 Å². The van der Waals surface area contributed by atoms with Crippen molar-refractivity contribution in [1.29, 1.82) is 0 Å². The molecule has 68 valence electrons. The molecule has 1 amide bonds. The van der Waals surface area contributed by atoms with Gasteiger partial charge in [-0.2, -0.15) is 0 Å². The number of carbonyl (C=O) groups is 1. The lowest BCUT2D eigenvalue weighted by Crippen LogP contribution is -2.49. The van der Waals surface area contributed by atoms with Crippen molar-refractivity contribution in [3.05, 3.63) is 0 Å². The molecular weight excluding hydrogens is 156 g/mol. The molecular formula is C7H14N4O. The van der Waals surface area contributed by atoms with E-state index in [-0.39, 0.29) is 11.9 Å². The van der Waals surface area contributed by atoms with Crippen molar-refractivity contribution in [2.45, 2.75) is 19.4 Å². The molecule has 4 N–H and O–H groups in total. The fourth-order valence-corrected chi connectivity index (χ4v) is 0.905. The second kappa shape index (κ2) is 3.94. The fraction of sp³-hybridized carbons (Fsp3) is 0.714. The Morgan fingerprint density at radius 2 is 2.58 bits per heavy atom. The first-order valence-corrected chi connectivity index (χ1v) is 4.04. The largest absolute Gasteiger partial charge is 0.368 e. The molecule has 0 aliphatic carbocycles. The monoisotopic (exact) mass is 170 g/mol. The van der Waals surface area contributed by atoms with E-state index in [2.05, 4.69) is 15.6 Å². The van der Waals surface area contributed by atoms with Crippen LogP contribution in [0.3, 0.4) is 0 Å². The number of nitrogens with zero attached hydrogens (tertiary/aromatic N) is 1. The number of primary amides is 1. The van der Waals surface area contributed by atoms with Crippen molar-refractivity contribution in [3.8, 4) is 0 Å². The van der Waals surface area contributed by atoms with Crippen LogP contribution in [-0.2, 0) is 4.79 Å². The van der Waals surface area contributed by atoms with Crippen molar-refractivity contribution in [3.63, 3.8) is 0 Å². The summed E-state index contributed by atoms with van der Waals surface area (Å²) in [6.45, 7) is 3.42. The molecule has 0 bridgehead atoms. The van der Waals surface area contributed by atoms with Gasteiger partial charge >= 0.3 is 0 Å². The number of guanidine groups is 1. The van der Waals surface area contributed by atoms with Crippen molar-refractivity contribution in [2.75, 3.05) is 13.1 Å². The van der Waals surface area contributed by atoms with Crippen molar-refractivity contribution in [1.82, 2.24) is 10.6 Å². The first-order chi connectivity index (χ1) is 5.70. The molecule has 0 fully saturated rings. The minimum Gasteiger partial charge on any atom is -0.368 e. The summed E-state index contributed by atoms with van der Waals surface area (Å²) in [5.41, 5.74) is 5.07. The van der Waals surface area contributed by atoms with E-state index in [9.17, 15) is 4.79 Å². The number of hydrogen-bond acceptors (Lipinski definition) is 4. The number of hydrogen-bond donors (Lipinski definition) is 3. The number of amides is 1. The van der Waals surface area contributed by atoms with Gasteiger partial charge in [0.2, 0.25) is 5.91 Å². The summed E-state index contributed by atoms with van der Waals surface area (Å²) in [6, 6.07) is -0.366. The third-order valence-electron chi connectivity index (χ3n) is 1.68. The van der Waals surface area contributed by atoms with Crippen molar-refractivity contribution < 1.29 is 4.79 Å². The normalized spacial score (nSPS) is 18.9. The number of rotatable bonds is 2. The SMILES string of the molecule is CC(NC1=NCCCN1)C(N)=O. The molecule has 0 aromatic rings. The van der Waals surface area contributed by atoms with Gasteiger partial charge in [0.25, 0.3) is 0 Å². The average Bonchev–Trinajstić information content (AvgIpc) is 2.06. The standard InChI is InChI=1S/C7H14N4O/c1-5(6(8)12)11-7-9-3-2-4-10-7/h5H,2-4H2,1H3,(H2,8,12)(H2,9,10,11). The summed E-state index contributed by atoms with van der Waals surface area (Å²) >= 11 is 0. The Morgan fingerprint density at radius 3 is 3.08 bits per heavy atom. The molecule has 5 nitrogen and oxygen atoms in total. The van der Waals surface area contributed by atoms with E-state index in [0.717, 1.165) is 19.5 Å².